The van der Waals surface area contributed by atoms with Crippen molar-refractivity contribution in [1.82, 2.24) is 9.97 Å². The van der Waals surface area contributed by atoms with E-state index in [-0.39, 0.29) is 6.04 Å². The van der Waals surface area contributed by atoms with E-state index >= 15 is 0 Å². The molecule has 0 aliphatic rings. The van der Waals surface area contributed by atoms with Crippen molar-refractivity contribution in [3.05, 3.63) is 58.7 Å². The van der Waals surface area contributed by atoms with Crippen LogP contribution in [-0.2, 0) is 6.42 Å². The van der Waals surface area contributed by atoms with E-state index < -0.39 is 0 Å². The summed E-state index contributed by atoms with van der Waals surface area (Å²) in [5.74, 6) is 0.853. The highest BCUT2D eigenvalue weighted by Gasteiger charge is 2.08. The lowest BCUT2D eigenvalue weighted by Gasteiger charge is -2.10. The molecule has 3 nitrogen and oxygen atoms in total. The summed E-state index contributed by atoms with van der Waals surface area (Å²) in [7, 11) is 0. The molecule has 2 rings (SSSR count). The lowest BCUT2D eigenvalue weighted by atomic mass is 10.1. The van der Waals surface area contributed by atoms with Gasteiger partial charge < -0.3 is 5.73 Å². The molecule has 94 valence electrons. The average molecular weight is 241 g/mol. The molecule has 18 heavy (non-hydrogen) atoms. The van der Waals surface area contributed by atoms with Gasteiger partial charge in [-0.05, 0) is 31.9 Å². The van der Waals surface area contributed by atoms with Gasteiger partial charge >= 0.3 is 0 Å². The molecular weight excluding hydrogens is 222 g/mol. The molecular formula is C15H19N3. The first-order chi connectivity index (χ1) is 8.58. The number of benzene rings is 1. The summed E-state index contributed by atoms with van der Waals surface area (Å²) in [4.78, 5) is 8.95. The van der Waals surface area contributed by atoms with Crippen molar-refractivity contribution >= 4 is 0 Å². The van der Waals surface area contributed by atoms with Gasteiger partial charge in [0.2, 0.25) is 0 Å². The molecule has 0 aliphatic heterocycles. The van der Waals surface area contributed by atoms with Crippen LogP contribution in [0.25, 0.3) is 0 Å². The van der Waals surface area contributed by atoms with Gasteiger partial charge in [0.1, 0.15) is 5.82 Å². The molecule has 0 bridgehead atoms. The SMILES string of the molecule is Cc1ccccc1Cc1ncc([C@H](C)N)c(C)n1. The molecule has 0 saturated heterocycles. The van der Waals surface area contributed by atoms with E-state index in [9.17, 15) is 0 Å². The number of nitrogens with two attached hydrogens (primary N) is 1. The fourth-order valence-electron chi connectivity index (χ4n) is 2.04. The Kier molecular flexibility index (Phi) is 3.72. The second kappa shape index (κ2) is 5.27. The van der Waals surface area contributed by atoms with Crippen LogP contribution in [0.4, 0.5) is 0 Å². The zero-order chi connectivity index (χ0) is 13.1. The van der Waals surface area contributed by atoms with Gasteiger partial charge in [0.25, 0.3) is 0 Å². The van der Waals surface area contributed by atoms with Gasteiger partial charge in [-0.2, -0.15) is 0 Å². The Morgan fingerprint density at radius 3 is 2.56 bits per heavy atom. The van der Waals surface area contributed by atoms with Crippen molar-refractivity contribution in [2.75, 3.05) is 0 Å². The maximum atomic E-state index is 5.86. The minimum Gasteiger partial charge on any atom is -0.324 e. The van der Waals surface area contributed by atoms with E-state index in [1.807, 2.05) is 32.2 Å². The van der Waals surface area contributed by atoms with Crippen LogP contribution in [0.5, 0.6) is 0 Å². The summed E-state index contributed by atoms with van der Waals surface area (Å²) in [5.41, 5.74) is 10.4. The molecule has 0 radical (unpaired) electrons. The van der Waals surface area contributed by atoms with Crippen molar-refractivity contribution in [1.29, 1.82) is 0 Å². The Hall–Kier alpha value is -1.74. The van der Waals surface area contributed by atoms with Crippen molar-refractivity contribution in [2.24, 2.45) is 5.73 Å². The Morgan fingerprint density at radius 2 is 1.94 bits per heavy atom. The van der Waals surface area contributed by atoms with Crippen LogP contribution in [0, 0.1) is 13.8 Å². The van der Waals surface area contributed by atoms with Crippen molar-refractivity contribution in [3.63, 3.8) is 0 Å². The molecule has 0 spiro atoms. The van der Waals surface area contributed by atoms with Crippen molar-refractivity contribution in [2.45, 2.75) is 33.2 Å². The monoisotopic (exact) mass is 241 g/mol. The average Bonchev–Trinajstić information content (AvgIpc) is 2.32. The van der Waals surface area contributed by atoms with E-state index in [0.29, 0.717) is 0 Å². The molecule has 2 N–H and O–H groups in total. The zero-order valence-corrected chi connectivity index (χ0v) is 11.1. The van der Waals surface area contributed by atoms with Crippen LogP contribution in [0.1, 0.15) is 41.2 Å². The lowest BCUT2D eigenvalue weighted by Crippen LogP contribution is -2.10. The normalized spacial score (nSPS) is 12.4. The van der Waals surface area contributed by atoms with Crippen LogP contribution in [0.3, 0.4) is 0 Å². The smallest absolute Gasteiger partial charge is 0.132 e. The number of aryl methyl sites for hydroxylation is 2. The van der Waals surface area contributed by atoms with Gasteiger partial charge in [-0.25, -0.2) is 9.97 Å². The van der Waals surface area contributed by atoms with E-state index in [1.54, 1.807) is 0 Å². The van der Waals surface area contributed by atoms with Crippen molar-refractivity contribution in [3.8, 4) is 0 Å². The standard InChI is InChI=1S/C15H19N3/c1-10-6-4-5-7-13(10)8-15-17-9-14(11(2)16)12(3)18-15/h4-7,9,11H,8,16H2,1-3H3/t11-/m0/s1. The van der Waals surface area contributed by atoms with Gasteiger partial charge in [-0.15, -0.1) is 0 Å². The highest BCUT2D eigenvalue weighted by atomic mass is 14.9. The first-order valence-corrected chi connectivity index (χ1v) is 6.20. The molecule has 1 atom stereocenters. The predicted molar refractivity (Wildman–Crippen MR) is 73.4 cm³/mol. The van der Waals surface area contributed by atoms with Gasteiger partial charge in [0.15, 0.2) is 0 Å². The minimum absolute atomic E-state index is 0.0162. The second-order valence-electron chi connectivity index (χ2n) is 4.72. The number of rotatable bonds is 3. The van der Waals surface area contributed by atoms with Gasteiger partial charge in [-0.1, -0.05) is 24.3 Å². The van der Waals surface area contributed by atoms with E-state index in [2.05, 4.69) is 29.0 Å². The third-order valence-corrected chi connectivity index (χ3v) is 3.17. The predicted octanol–water partition coefficient (Wildman–Crippen LogP) is 2.70. The fraction of sp³-hybridized carbons (Fsp3) is 0.333. The fourth-order valence-corrected chi connectivity index (χ4v) is 2.04. The first-order valence-electron chi connectivity index (χ1n) is 6.20. The molecule has 0 amide bonds. The Morgan fingerprint density at radius 1 is 1.22 bits per heavy atom. The quantitative estimate of drug-likeness (QED) is 0.899. The summed E-state index contributed by atoms with van der Waals surface area (Å²) in [5, 5.41) is 0. The number of hydrogen-bond donors (Lipinski definition) is 1. The Balaban J connectivity index is 2.26. The first kappa shape index (κ1) is 12.7. The topological polar surface area (TPSA) is 51.8 Å². The molecule has 1 aromatic heterocycles. The van der Waals surface area contributed by atoms with Crippen LogP contribution >= 0.6 is 0 Å². The molecule has 0 aliphatic carbocycles. The highest BCUT2D eigenvalue weighted by Crippen LogP contribution is 2.15. The van der Waals surface area contributed by atoms with E-state index in [1.165, 1.54) is 11.1 Å². The van der Waals surface area contributed by atoms with Crippen molar-refractivity contribution < 1.29 is 0 Å². The molecule has 1 heterocycles. The number of aromatic nitrogens is 2. The summed E-state index contributed by atoms with van der Waals surface area (Å²) >= 11 is 0. The largest absolute Gasteiger partial charge is 0.324 e. The van der Waals surface area contributed by atoms with Gasteiger partial charge in [0.05, 0.1) is 0 Å². The third-order valence-electron chi connectivity index (χ3n) is 3.17. The molecule has 2 aromatic rings. The second-order valence-corrected chi connectivity index (χ2v) is 4.72. The van der Waals surface area contributed by atoms with Crippen LogP contribution in [-0.4, -0.2) is 9.97 Å². The highest BCUT2D eigenvalue weighted by molar-refractivity contribution is 5.29. The summed E-state index contributed by atoms with van der Waals surface area (Å²) in [6, 6.07) is 8.30. The van der Waals surface area contributed by atoms with Crippen LogP contribution in [0.15, 0.2) is 30.5 Å². The van der Waals surface area contributed by atoms with Gasteiger partial charge in [0, 0.05) is 29.9 Å². The molecule has 0 unspecified atom stereocenters. The zero-order valence-electron chi connectivity index (χ0n) is 11.1. The van der Waals surface area contributed by atoms with Crippen LogP contribution < -0.4 is 5.73 Å². The maximum Gasteiger partial charge on any atom is 0.132 e. The molecule has 1 aromatic carbocycles. The summed E-state index contributed by atoms with van der Waals surface area (Å²) < 4.78 is 0. The summed E-state index contributed by atoms with van der Waals surface area (Å²) in [6.45, 7) is 6.05. The number of hydrogen-bond acceptors (Lipinski definition) is 3. The molecule has 0 fully saturated rings. The van der Waals surface area contributed by atoms with Gasteiger partial charge in [-0.3, -0.25) is 0 Å². The van der Waals surface area contributed by atoms with E-state index in [4.69, 9.17) is 5.73 Å². The molecule has 3 heteroatoms. The minimum atomic E-state index is -0.0162. The third kappa shape index (κ3) is 2.74. The lowest BCUT2D eigenvalue weighted by molar-refractivity contribution is 0.776. The van der Waals surface area contributed by atoms with Crippen LogP contribution in [0.2, 0.25) is 0 Å². The molecule has 0 saturated carbocycles. The Bertz CT molecular complexity index is 547. The maximum absolute atomic E-state index is 5.86. The van der Waals surface area contributed by atoms with E-state index in [0.717, 1.165) is 23.5 Å². The summed E-state index contributed by atoms with van der Waals surface area (Å²) in [6.07, 6.45) is 2.62. The number of nitrogens with zero attached hydrogens (tertiary/aromatic N) is 2. The Labute approximate surface area is 108 Å².